The maximum Gasteiger partial charge on any atom is 0.397 e. The number of rotatable bonds is 0. The number of fused-ring (bicyclic) bond motifs is 1. The van der Waals surface area contributed by atoms with Crippen molar-refractivity contribution in [2.75, 3.05) is 6.61 Å². The zero-order chi connectivity index (χ0) is 10.5. The lowest BCUT2D eigenvalue weighted by Crippen LogP contribution is -2.36. The first-order valence-corrected chi connectivity index (χ1v) is 5.43. The maximum atomic E-state index is 13.2. The molecule has 4 rings (SSSR count). The summed E-state index contributed by atoms with van der Waals surface area (Å²) in [5.74, 6) is -0.139. The molecular weight excluding hydrogens is 205 g/mol. The van der Waals surface area contributed by atoms with Gasteiger partial charge in [0.25, 0.3) is 0 Å². The fourth-order valence-corrected chi connectivity index (χ4v) is 4.57. The highest BCUT2D eigenvalue weighted by atomic mass is 19.4. The van der Waals surface area contributed by atoms with Gasteiger partial charge in [0.1, 0.15) is 5.41 Å². The first-order valence-electron chi connectivity index (χ1n) is 5.43. The third-order valence-corrected chi connectivity index (χ3v) is 5.04. The van der Waals surface area contributed by atoms with E-state index in [9.17, 15) is 13.2 Å². The molecule has 0 aromatic carbocycles. The molecule has 82 valence electrons. The molecule has 0 unspecified atom stereocenters. The molecule has 0 aromatic rings. The average molecular weight is 216 g/mol. The maximum absolute atomic E-state index is 13.2. The molecule has 1 heterocycles. The van der Waals surface area contributed by atoms with Crippen molar-refractivity contribution in [1.82, 2.24) is 0 Å². The van der Waals surface area contributed by atoms with Crippen LogP contribution in [0.4, 0.5) is 13.2 Å². The molecule has 1 aliphatic heterocycles. The van der Waals surface area contributed by atoms with Crippen molar-refractivity contribution >= 4 is 0 Å². The molecule has 5 atom stereocenters. The van der Waals surface area contributed by atoms with Gasteiger partial charge in [-0.25, -0.2) is 0 Å². The van der Waals surface area contributed by atoms with Crippen LogP contribution >= 0.6 is 0 Å². The van der Waals surface area contributed by atoms with Crippen molar-refractivity contribution in [3.8, 4) is 0 Å². The summed E-state index contributed by atoms with van der Waals surface area (Å²) < 4.78 is 45.1. The molecule has 0 amide bonds. The van der Waals surface area contributed by atoms with E-state index in [1.54, 1.807) is 6.08 Å². The van der Waals surface area contributed by atoms with Crippen molar-refractivity contribution in [3.63, 3.8) is 0 Å². The van der Waals surface area contributed by atoms with Crippen LogP contribution in [-0.2, 0) is 4.74 Å². The standard InChI is InChI=1S/C11H11F3O/c12-11(13,14)9-5-6-3-4-15-10(9)7(6)1-2-8(9)10/h1-2,6-8H,3-5H2/t6-,7+,8-,9-,10-/m1/s1. The average Bonchev–Trinajstić information content (AvgIpc) is 2.47. The monoisotopic (exact) mass is 216 g/mol. The second-order valence-corrected chi connectivity index (χ2v) is 5.25. The van der Waals surface area contributed by atoms with Crippen molar-refractivity contribution in [2.24, 2.45) is 23.2 Å². The van der Waals surface area contributed by atoms with Crippen molar-refractivity contribution in [1.29, 1.82) is 0 Å². The highest BCUT2D eigenvalue weighted by Gasteiger charge is 2.94. The lowest BCUT2D eigenvalue weighted by Gasteiger charge is -2.30. The quantitative estimate of drug-likeness (QED) is 0.565. The van der Waals surface area contributed by atoms with Crippen LogP contribution in [0.5, 0.6) is 0 Å². The van der Waals surface area contributed by atoms with E-state index in [0.29, 0.717) is 13.0 Å². The molecule has 0 aromatic heterocycles. The Morgan fingerprint density at radius 3 is 2.80 bits per heavy atom. The summed E-state index contributed by atoms with van der Waals surface area (Å²) in [7, 11) is 0. The van der Waals surface area contributed by atoms with Crippen LogP contribution < -0.4 is 0 Å². The summed E-state index contributed by atoms with van der Waals surface area (Å²) in [5, 5.41) is 0. The molecular formula is C11H11F3O. The van der Waals surface area contributed by atoms with E-state index in [-0.39, 0.29) is 17.8 Å². The van der Waals surface area contributed by atoms with Crippen LogP contribution in [0.3, 0.4) is 0 Å². The zero-order valence-electron chi connectivity index (χ0n) is 8.05. The molecule has 1 nitrogen and oxygen atoms in total. The highest BCUT2D eigenvalue weighted by Crippen LogP contribution is 2.86. The molecule has 2 saturated carbocycles. The van der Waals surface area contributed by atoms with Crippen LogP contribution in [0.2, 0.25) is 0 Å². The third-order valence-electron chi connectivity index (χ3n) is 5.04. The Morgan fingerprint density at radius 2 is 2.07 bits per heavy atom. The van der Waals surface area contributed by atoms with Crippen LogP contribution in [0, 0.1) is 23.2 Å². The topological polar surface area (TPSA) is 9.23 Å². The molecule has 2 bridgehead atoms. The second kappa shape index (κ2) is 1.99. The Labute approximate surface area is 85.3 Å². The number of hydrogen-bond acceptors (Lipinski definition) is 1. The molecule has 15 heavy (non-hydrogen) atoms. The van der Waals surface area contributed by atoms with Gasteiger partial charge in [-0.05, 0) is 18.8 Å². The smallest absolute Gasteiger partial charge is 0.373 e. The second-order valence-electron chi connectivity index (χ2n) is 5.25. The predicted octanol–water partition coefficient (Wildman–Crippen LogP) is 2.53. The Bertz CT molecular complexity index is 375. The molecule has 3 fully saturated rings. The van der Waals surface area contributed by atoms with Gasteiger partial charge in [-0.3, -0.25) is 0 Å². The van der Waals surface area contributed by atoms with Crippen LogP contribution in [0.15, 0.2) is 12.2 Å². The van der Waals surface area contributed by atoms with Crippen molar-refractivity contribution < 1.29 is 17.9 Å². The number of hydrogen-bond donors (Lipinski definition) is 0. The van der Waals surface area contributed by atoms with E-state index in [0.717, 1.165) is 6.42 Å². The van der Waals surface area contributed by atoms with Gasteiger partial charge in [-0.1, -0.05) is 12.2 Å². The van der Waals surface area contributed by atoms with Gasteiger partial charge >= 0.3 is 6.18 Å². The van der Waals surface area contributed by atoms with Gasteiger partial charge in [0.05, 0.1) is 5.60 Å². The Kier molecular flexibility index (Phi) is 1.15. The van der Waals surface area contributed by atoms with Crippen LogP contribution in [-0.4, -0.2) is 18.4 Å². The lowest BCUT2D eigenvalue weighted by atomic mass is 9.86. The minimum absolute atomic E-state index is 0.0397. The van der Waals surface area contributed by atoms with E-state index >= 15 is 0 Å². The summed E-state index contributed by atoms with van der Waals surface area (Å²) in [6.07, 6.45) is 0.703. The van der Waals surface area contributed by atoms with Gasteiger partial charge in [0.2, 0.25) is 0 Å². The Balaban J connectivity index is 1.90. The molecule has 3 aliphatic carbocycles. The van der Waals surface area contributed by atoms with Crippen molar-refractivity contribution in [2.45, 2.75) is 24.6 Å². The van der Waals surface area contributed by atoms with Gasteiger partial charge in [-0.2, -0.15) is 13.2 Å². The van der Waals surface area contributed by atoms with Gasteiger partial charge in [-0.15, -0.1) is 0 Å². The van der Waals surface area contributed by atoms with E-state index in [1.165, 1.54) is 0 Å². The summed E-state index contributed by atoms with van der Waals surface area (Å²) in [5.41, 5.74) is -2.38. The minimum atomic E-state index is -4.10. The van der Waals surface area contributed by atoms with Gasteiger partial charge in [0.15, 0.2) is 0 Å². The SMILES string of the molecule is FC(F)(F)[C@@]12C[C@H]3CCO[C@@]14[C@H]3C=C[C@@H]42. The largest absolute Gasteiger partial charge is 0.397 e. The number of ether oxygens (including phenoxy) is 1. The van der Waals surface area contributed by atoms with Crippen molar-refractivity contribution in [3.05, 3.63) is 12.2 Å². The summed E-state index contributed by atoms with van der Waals surface area (Å²) >= 11 is 0. The van der Waals surface area contributed by atoms with Crippen LogP contribution in [0.1, 0.15) is 12.8 Å². The third kappa shape index (κ3) is 0.600. The fourth-order valence-electron chi connectivity index (χ4n) is 4.57. The van der Waals surface area contributed by atoms with Gasteiger partial charge < -0.3 is 4.74 Å². The molecule has 1 saturated heterocycles. The molecule has 0 radical (unpaired) electrons. The minimum Gasteiger partial charge on any atom is -0.373 e. The normalized spacial score (nSPS) is 59.5. The van der Waals surface area contributed by atoms with Crippen LogP contribution in [0.25, 0.3) is 0 Å². The predicted molar refractivity (Wildman–Crippen MR) is 46.0 cm³/mol. The highest BCUT2D eigenvalue weighted by molar-refractivity contribution is 5.46. The number of halogens is 3. The zero-order valence-corrected chi connectivity index (χ0v) is 8.05. The summed E-state index contributed by atoms with van der Waals surface area (Å²) in [6, 6.07) is 0. The molecule has 4 aliphatic rings. The Morgan fingerprint density at radius 1 is 1.27 bits per heavy atom. The first-order chi connectivity index (χ1) is 7.04. The van der Waals surface area contributed by atoms with Gasteiger partial charge in [0, 0.05) is 18.4 Å². The van der Waals surface area contributed by atoms with E-state index < -0.39 is 17.2 Å². The number of alkyl halides is 3. The van der Waals surface area contributed by atoms with E-state index in [4.69, 9.17) is 4.74 Å². The molecule has 4 heteroatoms. The summed E-state index contributed by atoms with van der Waals surface area (Å²) in [4.78, 5) is 0. The molecule has 1 spiro atoms. The fraction of sp³-hybridized carbons (Fsp3) is 0.818. The molecule has 0 N–H and O–H groups in total. The van der Waals surface area contributed by atoms with E-state index in [2.05, 4.69) is 0 Å². The van der Waals surface area contributed by atoms with E-state index in [1.807, 2.05) is 6.08 Å². The first kappa shape index (κ1) is 8.62. The lowest BCUT2D eigenvalue weighted by molar-refractivity contribution is -0.207. The Hall–Kier alpha value is -0.510. The summed E-state index contributed by atoms with van der Waals surface area (Å²) in [6.45, 7) is 0.511.